The van der Waals surface area contributed by atoms with Crippen LogP contribution in [0, 0.1) is 0 Å². The summed E-state index contributed by atoms with van der Waals surface area (Å²) in [6.45, 7) is 0.749. The number of ether oxygens (including phenoxy) is 2. The Kier molecular flexibility index (Phi) is 4.74. The second-order valence-electron chi connectivity index (χ2n) is 4.51. The smallest absolute Gasteiger partial charge is 0.406 e. The molecule has 0 aromatic heterocycles. The van der Waals surface area contributed by atoms with Gasteiger partial charge in [-0.3, -0.25) is 0 Å². The molecule has 1 heterocycles. The maximum atomic E-state index is 12.0. The molecule has 118 valence electrons. The topological polar surface area (TPSA) is 64.6 Å². The number of benzene rings is 1. The molecule has 0 aliphatic carbocycles. The number of hydrogen-bond donors (Lipinski definition) is 1. The fourth-order valence-electron chi connectivity index (χ4n) is 1.91. The standard InChI is InChI=1S/C12H14F3NO4S/c13-12(14,15)20-9-3-5-11(6-4-9)21(17,18)16-8-10-2-1-7-19-10/h3-6,10,16H,1-2,7-8H2. The summed E-state index contributed by atoms with van der Waals surface area (Å²) in [5.41, 5.74) is 0. The lowest BCUT2D eigenvalue weighted by Gasteiger charge is -2.12. The third kappa shape index (κ3) is 4.87. The van der Waals surface area contributed by atoms with Gasteiger partial charge in [0, 0.05) is 13.2 Å². The summed E-state index contributed by atoms with van der Waals surface area (Å²) in [6, 6.07) is 4.01. The molecule has 1 saturated heterocycles. The Morgan fingerprint density at radius 2 is 1.95 bits per heavy atom. The van der Waals surface area contributed by atoms with Crippen LogP contribution in [0.2, 0.25) is 0 Å². The molecule has 0 bridgehead atoms. The van der Waals surface area contributed by atoms with Gasteiger partial charge >= 0.3 is 6.36 Å². The summed E-state index contributed by atoms with van der Waals surface area (Å²) in [5, 5.41) is 0. The van der Waals surface area contributed by atoms with Crippen molar-refractivity contribution in [3.05, 3.63) is 24.3 Å². The summed E-state index contributed by atoms with van der Waals surface area (Å²) in [7, 11) is -3.78. The Labute approximate surface area is 120 Å². The molecular weight excluding hydrogens is 311 g/mol. The lowest BCUT2D eigenvalue weighted by molar-refractivity contribution is -0.274. The number of sulfonamides is 1. The third-order valence-electron chi connectivity index (χ3n) is 2.89. The average molecular weight is 325 g/mol. The number of rotatable bonds is 5. The molecule has 9 heteroatoms. The van der Waals surface area contributed by atoms with Crippen molar-refractivity contribution in [3.63, 3.8) is 0 Å². The minimum atomic E-state index is -4.81. The molecule has 1 fully saturated rings. The molecule has 5 nitrogen and oxygen atoms in total. The van der Waals surface area contributed by atoms with E-state index in [9.17, 15) is 21.6 Å². The van der Waals surface area contributed by atoms with Gasteiger partial charge in [0.15, 0.2) is 0 Å². The van der Waals surface area contributed by atoms with Crippen LogP contribution in [0.25, 0.3) is 0 Å². The zero-order chi connectivity index (χ0) is 15.5. The molecule has 0 radical (unpaired) electrons. The minimum absolute atomic E-state index is 0.130. The quantitative estimate of drug-likeness (QED) is 0.900. The largest absolute Gasteiger partial charge is 0.573 e. The van der Waals surface area contributed by atoms with Gasteiger partial charge in [-0.05, 0) is 37.1 Å². The number of nitrogens with one attached hydrogen (secondary N) is 1. The minimum Gasteiger partial charge on any atom is -0.406 e. The van der Waals surface area contributed by atoms with Crippen molar-refractivity contribution in [1.82, 2.24) is 4.72 Å². The first-order valence-electron chi connectivity index (χ1n) is 6.23. The van der Waals surface area contributed by atoms with Gasteiger partial charge in [0.05, 0.1) is 11.0 Å². The van der Waals surface area contributed by atoms with Gasteiger partial charge < -0.3 is 9.47 Å². The van der Waals surface area contributed by atoms with Crippen LogP contribution in [0.3, 0.4) is 0 Å². The summed E-state index contributed by atoms with van der Waals surface area (Å²) in [4.78, 5) is -0.130. The Bertz CT molecular complexity index is 565. The van der Waals surface area contributed by atoms with E-state index in [4.69, 9.17) is 4.74 Å². The molecular formula is C12H14F3NO4S. The molecule has 0 amide bonds. The Morgan fingerprint density at radius 3 is 2.48 bits per heavy atom. The molecule has 1 aromatic rings. The number of alkyl halides is 3. The maximum Gasteiger partial charge on any atom is 0.573 e. The van der Waals surface area contributed by atoms with Gasteiger partial charge in [-0.15, -0.1) is 13.2 Å². The maximum absolute atomic E-state index is 12.0. The molecule has 1 aliphatic heterocycles. The highest BCUT2D eigenvalue weighted by atomic mass is 32.2. The second kappa shape index (κ2) is 6.20. The first kappa shape index (κ1) is 16.1. The van der Waals surface area contributed by atoms with Crippen LogP contribution < -0.4 is 9.46 Å². The van der Waals surface area contributed by atoms with Crippen LogP contribution in [0.15, 0.2) is 29.2 Å². The zero-order valence-corrected chi connectivity index (χ0v) is 11.7. The first-order chi connectivity index (χ1) is 9.76. The van der Waals surface area contributed by atoms with Gasteiger partial charge in [-0.2, -0.15) is 0 Å². The highest BCUT2D eigenvalue weighted by Gasteiger charge is 2.31. The highest BCUT2D eigenvalue weighted by Crippen LogP contribution is 2.23. The first-order valence-corrected chi connectivity index (χ1v) is 7.72. The van der Waals surface area contributed by atoms with Gasteiger partial charge in [0.1, 0.15) is 5.75 Å². The number of halogens is 3. The fourth-order valence-corrected chi connectivity index (χ4v) is 2.98. The van der Waals surface area contributed by atoms with Gasteiger partial charge in [0.25, 0.3) is 0 Å². The monoisotopic (exact) mass is 325 g/mol. The van der Waals surface area contributed by atoms with Crippen LogP contribution in [0.4, 0.5) is 13.2 Å². The Hall–Kier alpha value is -1.32. The van der Waals surface area contributed by atoms with Gasteiger partial charge in [-0.1, -0.05) is 0 Å². The summed E-state index contributed by atoms with van der Waals surface area (Å²) < 4.78 is 71.2. The number of hydrogen-bond acceptors (Lipinski definition) is 4. The van der Waals surface area contributed by atoms with Crippen molar-refractivity contribution in [1.29, 1.82) is 0 Å². The lowest BCUT2D eigenvalue weighted by atomic mass is 10.2. The molecule has 21 heavy (non-hydrogen) atoms. The molecule has 1 atom stereocenters. The Morgan fingerprint density at radius 1 is 1.29 bits per heavy atom. The van der Waals surface area contributed by atoms with Crippen LogP contribution in [-0.4, -0.2) is 34.0 Å². The van der Waals surface area contributed by atoms with Crippen LogP contribution in [-0.2, 0) is 14.8 Å². The molecule has 0 saturated carbocycles. The molecule has 1 aliphatic rings. The van der Waals surface area contributed by atoms with Crippen LogP contribution >= 0.6 is 0 Å². The summed E-state index contributed by atoms with van der Waals surface area (Å²) in [6.07, 6.45) is -3.30. The predicted molar refractivity (Wildman–Crippen MR) is 67.3 cm³/mol. The van der Waals surface area contributed by atoms with E-state index in [0.717, 1.165) is 37.1 Å². The van der Waals surface area contributed by atoms with E-state index < -0.39 is 22.1 Å². The highest BCUT2D eigenvalue weighted by molar-refractivity contribution is 7.89. The SMILES string of the molecule is O=S(=O)(NCC1CCCO1)c1ccc(OC(F)(F)F)cc1. The second-order valence-corrected chi connectivity index (χ2v) is 6.27. The normalized spacial score (nSPS) is 19.7. The van der Waals surface area contributed by atoms with E-state index in [1.54, 1.807) is 0 Å². The van der Waals surface area contributed by atoms with Crippen molar-refractivity contribution < 1.29 is 31.1 Å². The van der Waals surface area contributed by atoms with Crippen molar-refractivity contribution in [3.8, 4) is 5.75 Å². The van der Waals surface area contributed by atoms with Crippen molar-refractivity contribution >= 4 is 10.0 Å². The molecule has 0 spiro atoms. The van der Waals surface area contributed by atoms with E-state index in [1.807, 2.05) is 0 Å². The third-order valence-corrected chi connectivity index (χ3v) is 4.33. The van der Waals surface area contributed by atoms with Crippen molar-refractivity contribution in [2.45, 2.75) is 30.2 Å². The van der Waals surface area contributed by atoms with Crippen molar-refractivity contribution in [2.75, 3.05) is 13.2 Å². The van der Waals surface area contributed by atoms with E-state index in [1.165, 1.54) is 0 Å². The zero-order valence-electron chi connectivity index (χ0n) is 10.9. The van der Waals surface area contributed by atoms with Crippen LogP contribution in [0.1, 0.15) is 12.8 Å². The molecule has 2 rings (SSSR count). The fraction of sp³-hybridized carbons (Fsp3) is 0.500. The molecule has 1 aromatic carbocycles. The van der Waals surface area contributed by atoms with E-state index >= 15 is 0 Å². The van der Waals surface area contributed by atoms with E-state index in [-0.39, 0.29) is 17.5 Å². The summed E-state index contributed by atoms with van der Waals surface area (Å²) >= 11 is 0. The van der Waals surface area contributed by atoms with Crippen molar-refractivity contribution in [2.24, 2.45) is 0 Å². The van der Waals surface area contributed by atoms with Crippen LogP contribution in [0.5, 0.6) is 5.75 Å². The lowest BCUT2D eigenvalue weighted by Crippen LogP contribution is -2.31. The van der Waals surface area contributed by atoms with Gasteiger partial charge in [0.2, 0.25) is 10.0 Å². The van der Waals surface area contributed by atoms with E-state index in [2.05, 4.69) is 9.46 Å². The predicted octanol–water partition coefficient (Wildman–Crippen LogP) is 2.04. The Balaban J connectivity index is 1.99. The average Bonchev–Trinajstić information content (AvgIpc) is 2.88. The van der Waals surface area contributed by atoms with Gasteiger partial charge in [-0.25, -0.2) is 13.1 Å². The molecule has 1 N–H and O–H groups in total. The van der Waals surface area contributed by atoms with E-state index in [0.29, 0.717) is 6.61 Å². The molecule has 1 unspecified atom stereocenters. The summed E-state index contributed by atoms with van der Waals surface area (Å²) in [5.74, 6) is -0.472.